The van der Waals surface area contributed by atoms with E-state index < -0.39 is 5.97 Å². The summed E-state index contributed by atoms with van der Waals surface area (Å²) in [6.45, 7) is 3.54. The number of rotatable bonds is 4. The Labute approximate surface area is 104 Å². The quantitative estimate of drug-likeness (QED) is 0.738. The van der Waals surface area contributed by atoms with Crippen molar-refractivity contribution in [3.63, 3.8) is 0 Å². The van der Waals surface area contributed by atoms with Crippen LogP contribution in [0.3, 0.4) is 0 Å². The Kier molecular flexibility index (Phi) is 2.63. The zero-order valence-electron chi connectivity index (χ0n) is 10.2. The molecule has 90 valence electrons. The van der Waals surface area contributed by atoms with Crippen molar-refractivity contribution >= 4 is 18.0 Å². The Balaban J connectivity index is 2.54. The molecule has 0 saturated carbocycles. The number of anilines is 1. The summed E-state index contributed by atoms with van der Waals surface area (Å²) < 4.78 is 8.47. The third-order valence-corrected chi connectivity index (χ3v) is 2.10. The van der Waals surface area contributed by atoms with E-state index in [1.54, 1.807) is 12.3 Å². The highest BCUT2D eigenvalue weighted by Crippen LogP contribution is 2.00. The lowest BCUT2D eigenvalue weighted by Crippen LogP contribution is -2.34. The molecule has 2 aromatic rings. The lowest BCUT2D eigenvalue weighted by molar-refractivity contribution is -0.603. The first-order valence-electron chi connectivity index (χ1n) is 5.45. The summed E-state index contributed by atoms with van der Waals surface area (Å²) in [5.74, 6) is -0.518. The minimum atomic E-state index is -1.05. The van der Waals surface area contributed by atoms with Gasteiger partial charge in [-0.25, -0.2) is 9.36 Å². The molecule has 0 aliphatic heterocycles. The molecule has 0 aromatic carbocycles. The van der Waals surface area contributed by atoms with Crippen LogP contribution in [0.2, 0.25) is 1.41 Å². The molecule has 18 heavy (non-hydrogen) atoms. The zero-order valence-corrected chi connectivity index (χ0v) is 9.24. The van der Waals surface area contributed by atoms with Crippen LogP contribution in [-0.2, 0) is 0 Å². The van der Waals surface area contributed by atoms with Crippen LogP contribution in [0.15, 0.2) is 31.1 Å². The topological polar surface area (TPSA) is 106 Å². The van der Waals surface area contributed by atoms with Crippen LogP contribution in [0.5, 0.6) is 0 Å². The molecule has 0 aliphatic rings. The molecule has 2 aromatic heterocycles. The minimum Gasteiger partial charge on any atom is -0.478 e. The van der Waals surface area contributed by atoms with Gasteiger partial charge in [0.15, 0.2) is 1.41 Å². The molecule has 0 fully saturated rings. The van der Waals surface area contributed by atoms with Crippen LogP contribution in [0, 0.1) is 0 Å². The largest absolute Gasteiger partial charge is 0.478 e. The Morgan fingerprint density at radius 3 is 3.06 bits per heavy atom. The predicted molar refractivity (Wildman–Crippen MR) is 62.8 cm³/mol. The SMILES string of the molecule is [2H]Nc1nc(C=C)nc(-[n+]2cccc(C(=O)O)c2)n1. The predicted octanol–water partition coefficient (Wildman–Crippen LogP) is 0.0717. The van der Waals surface area contributed by atoms with Crippen molar-refractivity contribution in [3.05, 3.63) is 42.5 Å². The summed E-state index contributed by atoms with van der Waals surface area (Å²) in [5, 5.41) is 8.93. The van der Waals surface area contributed by atoms with Gasteiger partial charge in [0.1, 0.15) is 0 Å². The number of carboxylic acid groups (broad SMARTS) is 1. The maximum atomic E-state index is 10.9. The van der Waals surface area contributed by atoms with Gasteiger partial charge in [0.05, 0.1) is 18.0 Å². The highest BCUT2D eigenvalue weighted by Gasteiger charge is 2.15. The molecule has 3 N–H and O–H groups in total. The van der Waals surface area contributed by atoms with Crippen molar-refractivity contribution in [1.82, 2.24) is 15.0 Å². The van der Waals surface area contributed by atoms with E-state index in [2.05, 4.69) is 27.3 Å². The Morgan fingerprint density at radius 2 is 2.39 bits per heavy atom. The molecule has 0 amide bonds. The molecule has 7 nitrogen and oxygen atoms in total. The fourth-order valence-electron chi connectivity index (χ4n) is 1.31. The number of nitrogens with zero attached hydrogens (tertiary/aromatic N) is 4. The van der Waals surface area contributed by atoms with Crippen LogP contribution in [-0.4, -0.2) is 26.0 Å². The molecule has 0 radical (unpaired) electrons. The second kappa shape index (κ2) is 4.58. The first-order valence-corrected chi connectivity index (χ1v) is 4.95. The van der Waals surface area contributed by atoms with Gasteiger partial charge in [0.2, 0.25) is 5.82 Å². The van der Waals surface area contributed by atoms with Crippen LogP contribution in [0.1, 0.15) is 16.2 Å². The third kappa shape index (κ3) is 2.29. The smallest absolute Gasteiger partial charge is 0.443 e. The maximum Gasteiger partial charge on any atom is 0.443 e. The zero-order chi connectivity index (χ0) is 13.8. The highest BCUT2D eigenvalue weighted by atomic mass is 16.4. The van der Waals surface area contributed by atoms with Gasteiger partial charge in [0.25, 0.3) is 0 Å². The summed E-state index contributed by atoms with van der Waals surface area (Å²) >= 11 is 0. The number of carbonyl (C=O) groups is 1. The summed E-state index contributed by atoms with van der Waals surface area (Å²) in [4.78, 5) is 22.8. The summed E-state index contributed by atoms with van der Waals surface area (Å²) in [7, 11) is 0. The van der Waals surface area contributed by atoms with Gasteiger partial charge in [-0.2, -0.15) is 4.98 Å². The molecule has 0 bridgehead atoms. The van der Waals surface area contributed by atoms with Crippen molar-refractivity contribution in [1.29, 1.82) is 0 Å². The second-order valence-electron chi connectivity index (χ2n) is 3.33. The molecule has 0 spiro atoms. The van der Waals surface area contributed by atoms with Crippen LogP contribution < -0.4 is 10.3 Å². The van der Waals surface area contributed by atoms with E-state index in [1.807, 2.05) is 0 Å². The molecule has 0 unspecified atom stereocenters. The van der Waals surface area contributed by atoms with Crippen molar-refractivity contribution in [2.75, 3.05) is 5.73 Å². The third-order valence-electron chi connectivity index (χ3n) is 2.10. The van der Waals surface area contributed by atoms with E-state index in [9.17, 15) is 4.79 Å². The minimum absolute atomic E-state index is 0.0492. The summed E-state index contributed by atoms with van der Waals surface area (Å²) in [6.07, 6.45) is 4.38. The summed E-state index contributed by atoms with van der Waals surface area (Å²) in [6, 6.07) is 3.02. The lowest BCUT2D eigenvalue weighted by Gasteiger charge is -1.98. The first kappa shape index (κ1) is 10.3. The van der Waals surface area contributed by atoms with Crippen molar-refractivity contribution in [2.45, 2.75) is 0 Å². The van der Waals surface area contributed by atoms with Gasteiger partial charge >= 0.3 is 17.9 Å². The Bertz CT molecular complexity index is 647. The van der Waals surface area contributed by atoms with Gasteiger partial charge in [-0.1, -0.05) is 6.58 Å². The van der Waals surface area contributed by atoms with E-state index in [0.29, 0.717) is 0 Å². The molecule has 2 heterocycles. The maximum absolute atomic E-state index is 10.9. The molecular weight excluding hydrogens is 234 g/mol. The molecule has 7 heteroatoms. The number of pyridine rings is 1. The standard InChI is InChI=1S/C11H9N5O2/c1-2-8-13-10(12)15-11(14-8)16-5-3-4-7(6-16)9(17)18/h2-6H,1H2,(H2-,12,13,14,15,17,18)/p+1/i/hD. The van der Waals surface area contributed by atoms with E-state index in [-0.39, 0.29) is 23.3 Å². The van der Waals surface area contributed by atoms with Crippen molar-refractivity contribution in [3.8, 4) is 5.95 Å². The molecular formula is C11H10N5O2+. The van der Waals surface area contributed by atoms with Crippen LogP contribution in [0.4, 0.5) is 5.95 Å². The Hall–Kier alpha value is -2.83. The van der Waals surface area contributed by atoms with E-state index in [1.165, 1.54) is 22.9 Å². The van der Waals surface area contributed by atoms with E-state index >= 15 is 0 Å². The first-order chi connectivity index (χ1) is 9.13. The number of aromatic carboxylic acids is 1. The number of nitrogen functional groups attached to an aromatic ring is 1. The van der Waals surface area contributed by atoms with Gasteiger partial charge in [-0.15, -0.1) is 0 Å². The van der Waals surface area contributed by atoms with Crippen molar-refractivity contribution < 1.29 is 15.9 Å². The van der Waals surface area contributed by atoms with Gasteiger partial charge in [-0.3, -0.25) is 0 Å². The average Bonchev–Trinajstić information content (AvgIpc) is 2.46. The van der Waals surface area contributed by atoms with Crippen LogP contribution >= 0.6 is 0 Å². The lowest BCUT2D eigenvalue weighted by atomic mass is 10.3. The molecule has 0 atom stereocenters. The highest BCUT2D eigenvalue weighted by molar-refractivity contribution is 5.86. The fraction of sp³-hybridized carbons (Fsp3) is 0. The molecule has 0 aliphatic carbocycles. The number of hydrogen-bond acceptors (Lipinski definition) is 5. The Morgan fingerprint density at radius 1 is 1.56 bits per heavy atom. The van der Waals surface area contributed by atoms with Gasteiger partial charge < -0.3 is 10.8 Å². The monoisotopic (exact) mass is 245 g/mol. The normalized spacial score (nSPS) is 10.6. The summed E-state index contributed by atoms with van der Waals surface area (Å²) in [5.41, 5.74) is 2.16. The van der Waals surface area contributed by atoms with Gasteiger partial charge in [-0.05, 0) is 28.2 Å². The second-order valence-corrected chi connectivity index (χ2v) is 3.33. The average molecular weight is 245 g/mol. The van der Waals surface area contributed by atoms with E-state index in [0.717, 1.165) is 0 Å². The van der Waals surface area contributed by atoms with E-state index in [4.69, 9.17) is 6.52 Å². The van der Waals surface area contributed by atoms with Gasteiger partial charge in [0, 0.05) is 0 Å². The number of hydrogen-bond donors (Lipinski definition) is 2. The van der Waals surface area contributed by atoms with Crippen LogP contribution in [0.25, 0.3) is 12.0 Å². The number of carboxylic acids is 1. The number of nitrogens with two attached hydrogens (primary N) is 1. The number of aromatic nitrogens is 4. The fourth-order valence-corrected chi connectivity index (χ4v) is 1.31. The molecule has 0 saturated heterocycles. The van der Waals surface area contributed by atoms with Crippen molar-refractivity contribution in [2.24, 2.45) is 0 Å². The molecule has 2 rings (SSSR count).